The number of hydrogen-bond acceptors (Lipinski definition) is 0. The van der Waals surface area contributed by atoms with Crippen LogP contribution in [0.25, 0.3) is 0 Å². The van der Waals surface area contributed by atoms with Gasteiger partial charge in [0.15, 0.2) is 0 Å². The number of hydrogen-bond donors (Lipinski definition) is 0. The van der Waals surface area contributed by atoms with Gasteiger partial charge < -0.3 is 0 Å². The van der Waals surface area contributed by atoms with Crippen molar-refractivity contribution in [1.29, 1.82) is 0 Å². The molecular formula is C22H30F8. The highest BCUT2D eigenvalue weighted by molar-refractivity contribution is 5.07. The molecule has 0 saturated heterocycles. The lowest BCUT2D eigenvalue weighted by molar-refractivity contribution is -0.139. The van der Waals surface area contributed by atoms with Gasteiger partial charge in [0.1, 0.15) is 24.7 Å². The van der Waals surface area contributed by atoms with Crippen LogP contribution in [-0.2, 0) is 0 Å². The molecule has 12 unspecified atom stereocenters. The summed E-state index contributed by atoms with van der Waals surface area (Å²) in [6.07, 6.45) is -8.07. The molecule has 4 rings (SSSR count). The van der Waals surface area contributed by atoms with Crippen LogP contribution >= 0.6 is 0 Å². The second-order valence-corrected chi connectivity index (χ2v) is 10.5. The van der Waals surface area contributed by atoms with Crippen LogP contribution in [0.5, 0.6) is 0 Å². The van der Waals surface area contributed by atoms with Crippen LogP contribution in [0, 0.1) is 47.3 Å². The van der Waals surface area contributed by atoms with Crippen molar-refractivity contribution in [2.75, 3.05) is 0 Å². The standard InChI is InChI=1S/C22H30F8/c1-9-5-13-7-11(17(23)19(25)15(13)21(9,27)28)3-4-12-8-14-6-10(2)22(29,30)16(14)20(26)18(12)24/h9-20H,3-8H2,1-2H3. The van der Waals surface area contributed by atoms with E-state index in [0.717, 1.165) is 0 Å². The van der Waals surface area contributed by atoms with Gasteiger partial charge in [0.2, 0.25) is 0 Å². The average Bonchev–Trinajstić information content (AvgIpc) is 3.02. The number of alkyl halides is 8. The quantitative estimate of drug-likeness (QED) is 0.411. The molecule has 4 saturated carbocycles. The molecule has 4 aliphatic rings. The predicted molar refractivity (Wildman–Crippen MR) is 96.4 cm³/mol. The Bertz CT molecular complexity index is 581. The van der Waals surface area contributed by atoms with Gasteiger partial charge in [0.05, 0.1) is 11.8 Å². The first kappa shape index (κ1) is 22.6. The Hall–Kier alpha value is -0.560. The van der Waals surface area contributed by atoms with Crippen LogP contribution in [0.2, 0.25) is 0 Å². The fraction of sp³-hybridized carbons (Fsp3) is 1.00. The lowest BCUT2D eigenvalue weighted by atomic mass is 9.68. The summed E-state index contributed by atoms with van der Waals surface area (Å²) in [4.78, 5) is 0. The second-order valence-electron chi connectivity index (χ2n) is 10.5. The van der Waals surface area contributed by atoms with E-state index in [9.17, 15) is 35.1 Å². The third-order valence-electron chi connectivity index (χ3n) is 8.85. The molecule has 0 radical (unpaired) electrons. The molecule has 4 fully saturated rings. The van der Waals surface area contributed by atoms with Gasteiger partial charge in [-0.3, -0.25) is 0 Å². The highest BCUT2D eigenvalue weighted by atomic mass is 19.3. The van der Waals surface area contributed by atoms with Gasteiger partial charge in [-0.05, 0) is 62.2 Å². The van der Waals surface area contributed by atoms with Gasteiger partial charge in [-0.25, -0.2) is 35.1 Å². The molecule has 0 amide bonds. The molecule has 0 nitrogen and oxygen atoms in total. The smallest absolute Gasteiger partial charge is 0.244 e. The average molecular weight is 446 g/mol. The van der Waals surface area contributed by atoms with E-state index in [-0.39, 0.29) is 38.5 Å². The van der Waals surface area contributed by atoms with Crippen molar-refractivity contribution in [3.05, 3.63) is 0 Å². The molecule has 0 aromatic carbocycles. The van der Waals surface area contributed by atoms with Crippen molar-refractivity contribution in [3.63, 3.8) is 0 Å². The Morgan fingerprint density at radius 2 is 0.900 bits per heavy atom. The predicted octanol–water partition coefficient (Wildman–Crippen LogP) is 6.97. The molecule has 0 aromatic heterocycles. The van der Waals surface area contributed by atoms with Crippen molar-refractivity contribution in [1.82, 2.24) is 0 Å². The summed E-state index contributed by atoms with van der Waals surface area (Å²) in [5.41, 5.74) is 0. The van der Waals surface area contributed by atoms with Crippen molar-refractivity contribution in [2.45, 2.75) is 88.9 Å². The van der Waals surface area contributed by atoms with Gasteiger partial charge in [-0.1, -0.05) is 13.8 Å². The molecular weight excluding hydrogens is 416 g/mol. The highest BCUT2D eigenvalue weighted by Crippen LogP contribution is 2.59. The minimum atomic E-state index is -3.24. The van der Waals surface area contributed by atoms with Crippen LogP contribution in [0.3, 0.4) is 0 Å². The topological polar surface area (TPSA) is 0 Å². The van der Waals surface area contributed by atoms with Gasteiger partial charge in [-0.2, -0.15) is 0 Å². The Balaban J connectivity index is 1.41. The summed E-state index contributed by atoms with van der Waals surface area (Å²) in [6, 6.07) is 0. The van der Waals surface area contributed by atoms with E-state index in [4.69, 9.17) is 0 Å². The first-order valence-corrected chi connectivity index (χ1v) is 11.2. The maximum atomic E-state index is 14.7. The zero-order valence-corrected chi connectivity index (χ0v) is 17.2. The van der Waals surface area contributed by atoms with Crippen LogP contribution in [-0.4, -0.2) is 36.5 Å². The molecule has 174 valence electrons. The minimum absolute atomic E-state index is 0.0614. The molecule has 12 atom stereocenters. The van der Waals surface area contributed by atoms with E-state index in [1.165, 1.54) is 13.8 Å². The molecule has 0 aliphatic heterocycles. The highest BCUT2D eigenvalue weighted by Gasteiger charge is 2.64. The third-order valence-corrected chi connectivity index (χ3v) is 8.85. The second kappa shape index (κ2) is 7.50. The van der Waals surface area contributed by atoms with Gasteiger partial charge >= 0.3 is 0 Å². The van der Waals surface area contributed by atoms with Crippen molar-refractivity contribution >= 4 is 0 Å². The lowest BCUT2D eigenvalue weighted by Gasteiger charge is -2.42. The fourth-order valence-electron chi connectivity index (χ4n) is 7.17. The van der Waals surface area contributed by atoms with Crippen molar-refractivity contribution in [2.24, 2.45) is 47.3 Å². The molecule has 0 heterocycles. The van der Waals surface area contributed by atoms with E-state index in [2.05, 4.69) is 0 Å². The van der Waals surface area contributed by atoms with E-state index < -0.39 is 83.9 Å². The van der Waals surface area contributed by atoms with E-state index in [1.807, 2.05) is 0 Å². The summed E-state index contributed by atoms with van der Waals surface area (Å²) < 4.78 is 116. The molecule has 0 N–H and O–H groups in total. The first-order valence-electron chi connectivity index (χ1n) is 11.2. The van der Waals surface area contributed by atoms with Crippen molar-refractivity contribution < 1.29 is 35.1 Å². The Kier molecular flexibility index (Phi) is 5.66. The van der Waals surface area contributed by atoms with Crippen LogP contribution in [0.15, 0.2) is 0 Å². The van der Waals surface area contributed by atoms with Crippen LogP contribution < -0.4 is 0 Å². The summed E-state index contributed by atoms with van der Waals surface area (Å²) in [5.74, 6) is -14.7. The van der Waals surface area contributed by atoms with Gasteiger partial charge in [0, 0.05) is 11.8 Å². The molecule has 4 aliphatic carbocycles. The molecule has 30 heavy (non-hydrogen) atoms. The largest absolute Gasteiger partial charge is 0.256 e. The Labute approximate surface area is 172 Å². The number of halogens is 8. The summed E-state index contributed by atoms with van der Waals surface area (Å²) in [7, 11) is 0. The third kappa shape index (κ3) is 3.28. The molecule has 0 bridgehead atoms. The van der Waals surface area contributed by atoms with E-state index in [1.54, 1.807) is 0 Å². The summed E-state index contributed by atoms with van der Waals surface area (Å²) >= 11 is 0. The lowest BCUT2D eigenvalue weighted by Crippen LogP contribution is -2.49. The zero-order valence-electron chi connectivity index (χ0n) is 17.2. The summed E-state index contributed by atoms with van der Waals surface area (Å²) in [6.45, 7) is 2.69. The monoisotopic (exact) mass is 446 g/mol. The minimum Gasteiger partial charge on any atom is -0.244 e. The van der Waals surface area contributed by atoms with Gasteiger partial charge in [0.25, 0.3) is 11.8 Å². The normalized spacial score (nSPS) is 54.6. The fourth-order valence-corrected chi connectivity index (χ4v) is 7.17. The molecule has 0 aromatic rings. The zero-order chi connectivity index (χ0) is 22.2. The number of rotatable bonds is 3. The van der Waals surface area contributed by atoms with Gasteiger partial charge in [-0.15, -0.1) is 0 Å². The molecule has 0 spiro atoms. The summed E-state index contributed by atoms with van der Waals surface area (Å²) in [5, 5.41) is 0. The number of fused-ring (bicyclic) bond motifs is 2. The maximum Gasteiger partial charge on any atom is 0.256 e. The molecule has 8 heteroatoms. The van der Waals surface area contributed by atoms with Crippen molar-refractivity contribution in [3.8, 4) is 0 Å². The maximum absolute atomic E-state index is 14.7. The Morgan fingerprint density at radius 1 is 0.567 bits per heavy atom. The van der Waals surface area contributed by atoms with Crippen LogP contribution in [0.1, 0.15) is 52.4 Å². The van der Waals surface area contributed by atoms with E-state index in [0.29, 0.717) is 0 Å². The van der Waals surface area contributed by atoms with Crippen LogP contribution in [0.4, 0.5) is 35.1 Å². The SMILES string of the molecule is CC1CC2CC(CCC3CC4CC(C)C(F)(F)C4C(F)C3F)C(F)C(F)C2C1(F)F. The Morgan fingerprint density at radius 3 is 1.23 bits per heavy atom. The first-order chi connectivity index (χ1) is 13.9. The van der Waals surface area contributed by atoms with E-state index >= 15 is 0 Å².